The summed E-state index contributed by atoms with van der Waals surface area (Å²) < 4.78 is 13.0. The Labute approximate surface area is 102 Å². The standard InChI is InChI=1S/C14H20FNO/c1-11-9-13(15)4-3-12(11)10-14(17)5-2-7-16-8-6-14/h3-4,9,16-17H,2,5-8,10H2,1H3. The molecular formula is C14H20FNO. The van der Waals surface area contributed by atoms with Gasteiger partial charge in [-0.15, -0.1) is 0 Å². The molecule has 3 heteroatoms. The number of hydrogen-bond acceptors (Lipinski definition) is 2. The summed E-state index contributed by atoms with van der Waals surface area (Å²) in [5.41, 5.74) is 1.35. The molecule has 0 spiro atoms. The van der Waals surface area contributed by atoms with Gasteiger partial charge in [0.15, 0.2) is 0 Å². The van der Waals surface area contributed by atoms with Crippen molar-refractivity contribution in [2.45, 2.75) is 38.2 Å². The zero-order valence-corrected chi connectivity index (χ0v) is 10.3. The van der Waals surface area contributed by atoms with E-state index in [1.54, 1.807) is 6.07 Å². The Bertz CT molecular complexity index is 384. The van der Waals surface area contributed by atoms with Gasteiger partial charge in [0.1, 0.15) is 5.82 Å². The molecule has 1 aliphatic heterocycles. The van der Waals surface area contributed by atoms with E-state index in [-0.39, 0.29) is 5.82 Å². The largest absolute Gasteiger partial charge is 0.389 e. The van der Waals surface area contributed by atoms with Crippen LogP contribution in [0.2, 0.25) is 0 Å². The summed E-state index contributed by atoms with van der Waals surface area (Å²) in [6.45, 7) is 3.73. The molecule has 0 aromatic heterocycles. The molecule has 2 nitrogen and oxygen atoms in total. The molecule has 1 fully saturated rings. The average molecular weight is 237 g/mol. The van der Waals surface area contributed by atoms with Crippen LogP contribution in [0.5, 0.6) is 0 Å². The Balaban J connectivity index is 2.12. The van der Waals surface area contributed by atoms with Crippen LogP contribution in [-0.2, 0) is 6.42 Å². The predicted octanol–water partition coefficient (Wildman–Crippen LogP) is 2.18. The fourth-order valence-corrected chi connectivity index (χ4v) is 2.50. The molecule has 17 heavy (non-hydrogen) atoms. The summed E-state index contributed by atoms with van der Waals surface area (Å²) in [5, 5.41) is 13.9. The van der Waals surface area contributed by atoms with Crippen LogP contribution in [0.1, 0.15) is 30.4 Å². The quantitative estimate of drug-likeness (QED) is 0.826. The van der Waals surface area contributed by atoms with Crippen LogP contribution in [0.4, 0.5) is 4.39 Å². The molecule has 0 radical (unpaired) electrons. The summed E-state index contributed by atoms with van der Waals surface area (Å²) in [7, 11) is 0. The summed E-state index contributed by atoms with van der Waals surface area (Å²) in [4.78, 5) is 0. The maximum absolute atomic E-state index is 13.0. The first-order valence-electron chi connectivity index (χ1n) is 6.27. The third-order valence-corrected chi connectivity index (χ3v) is 3.59. The number of rotatable bonds is 2. The second-order valence-corrected chi connectivity index (χ2v) is 5.08. The Kier molecular flexibility index (Phi) is 3.79. The van der Waals surface area contributed by atoms with Gasteiger partial charge in [-0.3, -0.25) is 0 Å². The van der Waals surface area contributed by atoms with Crippen LogP contribution in [0.15, 0.2) is 18.2 Å². The van der Waals surface area contributed by atoms with Gasteiger partial charge in [0.25, 0.3) is 0 Å². The van der Waals surface area contributed by atoms with Gasteiger partial charge in [-0.1, -0.05) is 6.07 Å². The SMILES string of the molecule is Cc1cc(F)ccc1CC1(O)CCCNCC1. The number of nitrogens with one attached hydrogen (secondary N) is 1. The van der Waals surface area contributed by atoms with Crippen molar-refractivity contribution in [2.75, 3.05) is 13.1 Å². The zero-order valence-electron chi connectivity index (χ0n) is 10.3. The molecular weight excluding hydrogens is 217 g/mol. The van der Waals surface area contributed by atoms with Crippen LogP contribution in [0, 0.1) is 12.7 Å². The highest BCUT2D eigenvalue weighted by molar-refractivity contribution is 5.28. The van der Waals surface area contributed by atoms with Gasteiger partial charge in [-0.05, 0) is 62.5 Å². The molecule has 1 atom stereocenters. The van der Waals surface area contributed by atoms with Crippen molar-refractivity contribution in [1.29, 1.82) is 0 Å². The lowest BCUT2D eigenvalue weighted by molar-refractivity contribution is 0.0283. The Morgan fingerprint density at radius 2 is 2.18 bits per heavy atom. The molecule has 1 heterocycles. The minimum Gasteiger partial charge on any atom is -0.389 e. The molecule has 1 aliphatic rings. The molecule has 1 aromatic rings. The second-order valence-electron chi connectivity index (χ2n) is 5.08. The topological polar surface area (TPSA) is 32.3 Å². The molecule has 0 bridgehead atoms. The van der Waals surface area contributed by atoms with E-state index in [1.807, 2.05) is 6.92 Å². The van der Waals surface area contributed by atoms with Crippen LogP contribution in [-0.4, -0.2) is 23.8 Å². The van der Waals surface area contributed by atoms with Crippen molar-refractivity contribution >= 4 is 0 Å². The van der Waals surface area contributed by atoms with Gasteiger partial charge in [0.2, 0.25) is 0 Å². The van der Waals surface area contributed by atoms with Crippen LogP contribution >= 0.6 is 0 Å². The minimum absolute atomic E-state index is 0.208. The van der Waals surface area contributed by atoms with Gasteiger partial charge < -0.3 is 10.4 Å². The van der Waals surface area contributed by atoms with E-state index in [0.717, 1.165) is 43.5 Å². The van der Waals surface area contributed by atoms with Gasteiger partial charge in [0, 0.05) is 6.42 Å². The lowest BCUT2D eigenvalue weighted by atomic mass is 9.86. The van der Waals surface area contributed by atoms with Crippen LogP contribution in [0.25, 0.3) is 0 Å². The highest BCUT2D eigenvalue weighted by Crippen LogP contribution is 2.26. The van der Waals surface area contributed by atoms with Gasteiger partial charge >= 0.3 is 0 Å². The lowest BCUT2D eigenvalue weighted by Gasteiger charge is -2.27. The van der Waals surface area contributed by atoms with Gasteiger partial charge in [-0.2, -0.15) is 0 Å². The van der Waals surface area contributed by atoms with Crippen molar-refractivity contribution in [2.24, 2.45) is 0 Å². The molecule has 2 rings (SSSR count). The molecule has 0 aliphatic carbocycles. The van der Waals surface area contributed by atoms with Gasteiger partial charge in [0.05, 0.1) is 5.60 Å². The zero-order chi connectivity index (χ0) is 12.3. The van der Waals surface area contributed by atoms with Gasteiger partial charge in [-0.25, -0.2) is 4.39 Å². The lowest BCUT2D eigenvalue weighted by Crippen LogP contribution is -2.32. The number of hydrogen-bond donors (Lipinski definition) is 2. The maximum Gasteiger partial charge on any atom is 0.123 e. The van der Waals surface area contributed by atoms with Crippen LogP contribution in [0.3, 0.4) is 0 Å². The van der Waals surface area contributed by atoms with Crippen molar-refractivity contribution in [1.82, 2.24) is 5.32 Å². The highest BCUT2D eigenvalue weighted by Gasteiger charge is 2.28. The maximum atomic E-state index is 13.0. The first kappa shape index (κ1) is 12.5. The molecule has 0 saturated carbocycles. The molecule has 2 N–H and O–H groups in total. The third kappa shape index (κ3) is 3.27. The van der Waals surface area contributed by atoms with E-state index in [9.17, 15) is 9.50 Å². The molecule has 1 saturated heterocycles. The monoisotopic (exact) mass is 237 g/mol. The number of aliphatic hydroxyl groups is 1. The Hall–Kier alpha value is -0.930. The predicted molar refractivity (Wildman–Crippen MR) is 66.5 cm³/mol. The first-order valence-corrected chi connectivity index (χ1v) is 6.27. The number of halogens is 1. The Morgan fingerprint density at radius 1 is 1.35 bits per heavy atom. The minimum atomic E-state index is -0.633. The summed E-state index contributed by atoms with van der Waals surface area (Å²) in [6, 6.07) is 4.80. The smallest absolute Gasteiger partial charge is 0.123 e. The molecule has 94 valence electrons. The van der Waals surface area contributed by atoms with E-state index in [4.69, 9.17) is 0 Å². The first-order chi connectivity index (χ1) is 8.09. The van der Waals surface area contributed by atoms with E-state index in [0.29, 0.717) is 6.42 Å². The third-order valence-electron chi connectivity index (χ3n) is 3.59. The second kappa shape index (κ2) is 5.15. The highest BCUT2D eigenvalue weighted by atomic mass is 19.1. The summed E-state index contributed by atoms with van der Waals surface area (Å²) in [5.74, 6) is -0.208. The molecule has 1 unspecified atom stereocenters. The normalized spacial score (nSPS) is 25.6. The van der Waals surface area contributed by atoms with Crippen molar-refractivity contribution in [3.63, 3.8) is 0 Å². The van der Waals surface area contributed by atoms with Crippen molar-refractivity contribution in [3.05, 3.63) is 35.1 Å². The average Bonchev–Trinajstić information content (AvgIpc) is 2.48. The van der Waals surface area contributed by atoms with E-state index < -0.39 is 5.60 Å². The van der Waals surface area contributed by atoms with E-state index in [2.05, 4.69) is 5.32 Å². The fourth-order valence-electron chi connectivity index (χ4n) is 2.50. The van der Waals surface area contributed by atoms with Crippen molar-refractivity contribution < 1.29 is 9.50 Å². The van der Waals surface area contributed by atoms with Crippen molar-refractivity contribution in [3.8, 4) is 0 Å². The fraction of sp³-hybridized carbons (Fsp3) is 0.571. The molecule has 1 aromatic carbocycles. The summed E-state index contributed by atoms with van der Waals surface area (Å²) in [6.07, 6.45) is 3.21. The number of benzene rings is 1. The number of aryl methyl sites for hydroxylation is 1. The Morgan fingerprint density at radius 3 is 2.94 bits per heavy atom. The van der Waals surface area contributed by atoms with E-state index >= 15 is 0 Å². The van der Waals surface area contributed by atoms with Crippen LogP contribution < -0.4 is 5.32 Å². The summed E-state index contributed by atoms with van der Waals surface area (Å²) >= 11 is 0. The molecule has 0 amide bonds. The van der Waals surface area contributed by atoms with E-state index in [1.165, 1.54) is 12.1 Å².